The Morgan fingerprint density at radius 1 is 1.05 bits per heavy atom. The van der Waals surface area contributed by atoms with Crippen LogP contribution in [0.5, 0.6) is 0 Å². The van der Waals surface area contributed by atoms with Crippen LogP contribution in [0.3, 0.4) is 0 Å². The van der Waals surface area contributed by atoms with Crippen molar-refractivity contribution in [2.75, 3.05) is 13.4 Å². The molecule has 210 valence electrons. The maximum atomic E-state index is 13.8. The summed E-state index contributed by atoms with van der Waals surface area (Å²) in [7, 11) is 1.34. The van der Waals surface area contributed by atoms with Crippen LogP contribution in [0.15, 0.2) is 91.0 Å². The van der Waals surface area contributed by atoms with Gasteiger partial charge in [-0.15, -0.1) is 11.8 Å². The fraction of sp³-hybridized carbons (Fsp3) is 0.226. The Morgan fingerprint density at radius 3 is 2.39 bits per heavy atom. The Morgan fingerprint density at radius 2 is 1.76 bits per heavy atom. The molecule has 0 bridgehead atoms. The van der Waals surface area contributed by atoms with Gasteiger partial charge in [0.2, 0.25) is 0 Å². The van der Waals surface area contributed by atoms with Crippen LogP contribution in [0, 0.1) is 0 Å². The van der Waals surface area contributed by atoms with E-state index in [1.165, 1.54) is 18.4 Å². The Kier molecular flexibility index (Phi) is 8.14. The molecule has 0 spiro atoms. The number of aromatic nitrogens is 1. The monoisotopic (exact) mass is 588 g/mol. The number of esters is 2. The lowest BCUT2D eigenvalue weighted by atomic mass is 9.96. The van der Waals surface area contributed by atoms with Crippen molar-refractivity contribution >= 4 is 41.1 Å². The van der Waals surface area contributed by atoms with Gasteiger partial charge in [0.05, 0.1) is 40.6 Å². The molecule has 0 saturated carbocycles. The average Bonchev–Trinajstić information content (AvgIpc) is 3.55. The van der Waals surface area contributed by atoms with E-state index < -0.39 is 18.0 Å². The number of carbonyl (C=O) groups is 2. The average molecular weight is 589 g/mol. The van der Waals surface area contributed by atoms with Crippen LogP contribution >= 0.6 is 23.1 Å². The van der Waals surface area contributed by atoms with Crippen molar-refractivity contribution in [2.24, 2.45) is 4.99 Å². The lowest BCUT2D eigenvalue weighted by Gasteiger charge is -2.25. The van der Waals surface area contributed by atoms with E-state index in [0.717, 1.165) is 16.0 Å². The third-order valence-electron chi connectivity index (χ3n) is 6.51. The summed E-state index contributed by atoms with van der Waals surface area (Å²) in [5, 5.41) is 0. The Bertz CT molecular complexity index is 1830. The molecule has 1 aliphatic heterocycles. The molecule has 0 fully saturated rings. The van der Waals surface area contributed by atoms with Gasteiger partial charge in [0, 0.05) is 16.5 Å². The zero-order valence-electron chi connectivity index (χ0n) is 23.2. The second-order valence-electron chi connectivity index (χ2n) is 9.58. The van der Waals surface area contributed by atoms with Crippen LogP contribution in [0.1, 0.15) is 48.5 Å². The maximum absolute atomic E-state index is 13.8. The van der Waals surface area contributed by atoms with Gasteiger partial charge in [0.15, 0.2) is 4.80 Å². The first-order valence-electron chi connectivity index (χ1n) is 12.9. The third-order valence-corrected chi connectivity index (χ3v) is 8.23. The van der Waals surface area contributed by atoms with E-state index in [1.807, 2.05) is 30.5 Å². The molecule has 2 aromatic heterocycles. The van der Waals surface area contributed by atoms with Gasteiger partial charge in [-0.2, -0.15) is 0 Å². The summed E-state index contributed by atoms with van der Waals surface area (Å²) in [6, 6.07) is 17.6. The number of benzene rings is 2. The van der Waals surface area contributed by atoms with Crippen molar-refractivity contribution in [3.8, 4) is 11.3 Å². The van der Waals surface area contributed by atoms with Crippen LogP contribution in [0.25, 0.3) is 17.4 Å². The summed E-state index contributed by atoms with van der Waals surface area (Å²) in [5.74, 6) is 0.157. The van der Waals surface area contributed by atoms with Crippen molar-refractivity contribution in [1.82, 2.24) is 4.57 Å². The standard InChI is InChI=1S/C31H28N2O6S2/c1-17(2)38-30(36)26-18(3)32-31-33(27(26)20-10-13-23(40-5)14-11-20)28(34)25(41-31)16-22-12-15-24(39-22)19-6-8-21(9-7-19)29(35)37-4/h6-17,27H,1-5H3/b25-16-/t27-/m1/s1. The minimum Gasteiger partial charge on any atom is -0.465 e. The molecule has 2 aromatic carbocycles. The van der Waals surface area contributed by atoms with Crippen LogP contribution in [0.4, 0.5) is 0 Å². The number of hydrogen-bond acceptors (Lipinski definition) is 9. The largest absolute Gasteiger partial charge is 0.465 e. The smallest absolute Gasteiger partial charge is 0.338 e. The van der Waals surface area contributed by atoms with E-state index in [2.05, 4.69) is 4.99 Å². The molecule has 5 rings (SSSR count). The van der Waals surface area contributed by atoms with Crippen LogP contribution in [-0.4, -0.2) is 36.0 Å². The minimum absolute atomic E-state index is 0.282. The summed E-state index contributed by atoms with van der Waals surface area (Å²) in [4.78, 5) is 45.0. The van der Waals surface area contributed by atoms with Gasteiger partial charge in [-0.1, -0.05) is 35.6 Å². The number of nitrogens with zero attached hydrogens (tertiary/aromatic N) is 2. The number of methoxy groups -OCH3 is 1. The first-order valence-corrected chi connectivity index (χ1v) is 14.9. The number of carbonyl (C=O) groups excluding carboxylic acids is 2. The van der Waals surface area contributed by atoms with Crippen LogP contribution in [-0.2, 0) is 14.3 Å². The zero-order chi connectivity index (χ0) is 29.3. The van der Waals surface area contributed by atoms with Gasteiger partial charge in [-0.25, -0.2) is 14.6 Å². The quantitative estimate of drug-likeness (QED) is 0.222. The summed E-state index contributed by atoms with van der Waals surface area (Å²) in [6.07, 6.45) is 3.34. The molecule has 0 aliphatic carbocycles. The lowest BCUT2D eigenvalue weighted by molar-refractivity contribution is -0.143. The Hall–Kier alpha value is -4.15. The van der Waals surface area contributed by atoms with Gasteiger partial charge >= 0.3 is 11.9 Å². The minimum atomic E-state index is -0.684. The van der Waals surface area contributed by atoms with E-state index in [9.17, 15) is 14.4 Å². The highest BCUT2D eigenvalue weighted by atomic mass is 32.2. The number of thiazole rings is 1. The van der Waals surface area contributed by atoms with Crippen molar-refractivity contribution in [2.45, 2.75) is 37.8 Å². The van der Waals surface area contributed by atoms with Crippen molar-refractivity contribution < 1.29 is 23.5 Å². The predicted molar refractivity (Wildman–Crippen MR) is 159 cm³/mol. The number of ether oxygens (including phenoxy) is 2. The fourth-order valence-electron chi connectivity index (χ4n) is 4.57. The van der Waals surface area contributed by atoms with Gasteiger partial charge in [0.1, 0.15) is 11.5 Å². The molecule has 0 saturated heterocycles. The summed E-state index contributed by atoms with van der Waals surface area (Å²) in [6.45, 7) is 5.34. The second-order valence-corrected chi connectivity index (χ2v) is 11.5. The molecule has 0 radical (unpaired) electrons. The Labute approximate surface area is 244 Å². The third kappa shape index (κ3) is 5.71. The summed E-state index contributed by atoms with van der Waals surface area (Å²) in [5.41, 5.74) is 2.57. The highest BCUT2D eigenvalue weighted by Crippen LogP contribution is 2.32. The molecule has 0 amide bonds. The number of allylic oxidation sites excluding steroid dienone is 1. The van der Waals surface area contributed by atoms with E-state index >= 15 is 0 Å². The molecule has 8 nitrogen and oxygen atoms in total. The van der Waals surface area contributed by atoms with E-state index in [1.54, 1.807) is 79.6 Å². The number of furan rings is 1. The molecular weight excluding hydrogens is 560 g/mol. The number of hydrogen-bond donors (Lipinski definition) is 0. The molecule has 10 heteroatoms. The van der Waals surface area contributed by atoms with Crippen molar-refractivity contribution in [3.05, 3.63) is 109 Å². The summed E-state index contributed by atoms with van der Waals surface area (Å²) < 4.78 is 18.3. The first kappa shape index (κ1) is 28.4. The summed E-state index contributed by atoms with van der Waals surface area (Å²) >= 11 is 2.85. The molecule has 0 N–H and O–H groups in total. The highest BCUT2D eigenvalue weighted by molar-refractivity contribution is 7.98. The van der Waals surface area contributed by atoms with Crippen molar-refractivity contribution in [3.63, 3.8) is 0 Å². The molecule has 4 aromatic rings. The van der Waals surface area contributed by atoms with Gasteiger partial charge < -0.3 is 13.9 Å². The SMILES string of the molecule is COC(=O)c1ccc(-c2ccc(/C=c3\sc4n(c3=O)[C@H](c3ccc(SC)cc3)C(C(=O)OC(C)C)=C(C)N=4)o2)cc1. The van der Waals surface area contributed by atoms with E-state index in [4.69, 9.17) is 13.9 Å². The molecular formula is C31H28N2O6S2. The fourth-order valence-corrected chi connectivity index (χ4v) is 6.00. The first-order chi connectivity index (χ1) is 19.7. The van der Waals surface area contributed by atoms with Crippen molar-refractivity contribution in [1.29, 1.82) is 0 Å². The molecule has 41 heavy (non-hydrogen) atoms. The van der Waals surface area contributed by atoms with Gasteiger partial charge in [0.25, 0.3) is 5.56 Å². The van der Waals surface area contributed by atoms with Gasteiger partial charge in [-0.3, -0.25) is 9.36 Å². The second kappa shape index (κ2) is 11.8. The van der Waals surface area contributed by atoms with Crippen LogP contribution < -0.4 is 14.9 Å². The predicted octanol–water partition coefficient (Wildman–Crippen LogP) is 4.96. The Balaban J connectivity index is 1.57. The number of fused-ring (bicyclic) bond motifs is 1. The number of rotatable bonds is 7. The normalized spacial score (nSPS) is 15.1. The molecule has 1 atom stereocenters. The van der Waals surface area contributed by atoms with E-state index in [0.29, 0.717) is 37.7 Å². The maximum Gasteiger partial charge on any atom is 0.338 e. The lowest BCUT2D eigenvalue weighted by Crippen LogP contribution is -2.40. The van der Waals surface area contributed by atoms with E-state index in [-0.39, 0.29) is 11.7 Å². The topological polar surface area (TPSA) is 100 Å². The molecule has 0 unspecified atom stereocenters. The molecule has 3 heterocycles. The zero-order valence-corrected chi connectivity index (χ0v) is 24.8. The highest BCUT2D eigenvalue weighted by Gasteiger charge is 2.33. The van der Waals surface area contributed by atoms with Crippen LogP contribution in [0.2, 0.25) is 0 Å². The molecule has 1 aliphatic rings. The van der Waals surface area contributed by atoms with Gasteiger partial charge in [-0.05, 0) is 69.0 Å². The number of thioether (sulfide) groups is 1.